The van der Waals surface area contributed by atoms with E-state index < -0.39 is 0 Å². The van der Waals surface area contributed by atoms with Crippen molar-refractivity contribution in [3.05, 3.63) is 0 Å². The Labute approximate surface area is 142 Å². The molecule has 2 rings (SSSR count). The van der Waals surface area contributed by atoms with E-state index in [0.717, 1.165) is 44.7 Å². The average Bonchev–Trinajstić information content (AvgIpc) is 3.22. The van der Waals surface area contributed by atoms with E-state index in [1.165, 1.54) is 45.2 Å². The first-order chi connectivity index (χ1) is 11.3. The van der Waals surface area contributed by atoms with E-state index in [1.807, 2.05) is 0 Å². The van der Waals surface area contributed by atoms with E-state index in [9.17, 15) is 0 Å². The molecule has 0 aromatic heterocycles. The highest BCUT2D eigenvalue weighted by Gasteiger charge is 2.30. The summed E-state index contributed by atoms with van der Waals surface area (Å²) in [5.74, 6) is 0.998. The van der Waals surface area contributed by atoms with Crippen molar-refractivity contribution in [1.82, 2.24) is 20.4 Å². The van der Waals surface area contributed by atoms with Crippen LogP contribution in [0.2, 0.25) is 0 Å². The van der Waals surface area contributed by atoms with E-state index in [2.05, 4.69) is 41.2 Å². The summed E-state index contributed by atoms with van der Waals surface area (Å²) in [6, 6.07) is 1.41. The Kier molecular flexibility index (Phi) is 8.17. The van der Waals surface area contributed by atoms with Gasteiger partial charge in [-0.15, -0.1) is 0 Å². The third kappa shape index (κ3) is 5.96. The molecule has 5 heteroatoms. The molecule has 2 aliphatic rings. The number of aliphatic imine (C=N–C) groups is 1. The lowest BCUT2D eigenvalue weighted by Crippen LogP contribution is -2.45. The lowest BCUT2D eigenvalue weighted by Gasteiger charge is -2.24. The molecule has 1 saturated carbocycles. The zero-order valence-corrected chi connectivity index (χ0v) is 15.5. The van der Waals surface area contributed by atoms with Crippen LogP contribution in [0, 0.1) is 0 Å². The summed E-state index contributed by atoms with van der Waals surface area (Å²) in [5.41, 5.74) is 0. The number of hydrogen-bond acceptors (Lipinski definition) is 3. The SMILES string of the molecule is CCNC(=NCCN(CC)CC)NC1CCN(C2CCCC2)C1. The van der Waals surface area contributed by atoms with Crippen molar-refractivity contribution in [3.8, 4) is 0 Å². The van der Waals surface area contributed by atoms with Crippen LogP contribution in [-0.2, 0) is 0 Å². The maximum absolute atomic E-state index is 4.77. The molecule has 2 fully saturated rings. The van der Waals surface area contributed by atoms with E-state index >= 15 is 0 Å². The predicted octanol–water partition coefficient (Wildman–Crippen LogP) is 1.90. The highest BCUT2D eigenvalue weighted by molar-refractivity contribution is 5.80. The molecule has 1 aliphatic carbocycles. The molecular formula is C18H37N5. The number of nitrogens with zero attached hydrogens (tertiary/aromatic N) is 3. The van der Waals surface area contributed by atoms with Gasteiger partial charge in [0.25, 0.3) is 0 Å². The van der Waals surface area contributed by atoms with Gasteiger partial charge in [-0.25, -0.2) is 0 Å². The quantitative estimate of drug-likeness (QED) is 0.529. The second kappa shape index (κ2) is 10.1. The van der Waals surface area contributed by atoms with Crippen LogP contribution in [-0.4, -0.2) is 73.7 Å². The highest BCUT2D eigenvalue weighted by atomic mass is 15.3. The number of likely N-dealkylation sites (N-methyl/N-ethyl adjacent to an activating group) is 1. The van der Waals surface area contributed by atoms with Crippen molar-refractivity contribution in [2.24, 2.45) is 4.99 Å². The molecule has 0 radical (unpaired) electrons. The van der Waals surface area contributed by atoms with Crippen molar-refractivity contribution in [3.63, 3.8) is 0 Å². The first-order valence-electron chi connectivity index (χ1n) is 9.78. The molecule has 1 aliphatic heterocycles. The van der Waals surface area contributed by atoms with Crippen LogP contribution in [0.1, 0.15) is 52.9 Å². The molecule has 0 bridgehead atoms. The summed E-state index contributed by atoms with van der Waals surface area (Å²) in [5, 5.41) is 7.06. The van der Waals surface area contributed by atoms with Gasteiger partial charge in [-0.2, -0.15) is 0 Å². The first-order valence-corrected chi connectivity index (χ1v) is 9.78. The van der Waals surface area contributed by atoms with Gasteiger partial charge in [0.2, 0.25) is 0 Å². The topological polar surface area (TPSA) is 42.9 Å². The third-order valence-electron chi connectivity index (χ3n) is 5.33. The van der Waals surface area contributed by atoms with Gasteiger partial charge in [-0.05, 0) is 39.3 Å². The van der Waals surface area contributed by atoms with Crippen LogP contribution in [0.3, 0.4) is 0 Å². The number of guanidine groups is 1. The molecular weight excluding hydrogens is 286 g/mol. The average molecular weight is 324 g/mol. The van der Waals surface area contributed by atoms with E-state index in [4.69, 9.17) is 4.99 Å². The summed E-state index contributed by atoms with van der Waals surface area (Å²) in [4.78, 5) is 9.89. The van der Waals surface area contributed by atoms with Crippen LogP contribution in [0.5, 0.6) is 0 Å². The first kappa shape index (κ1) is 18.5. The molecule has 1 saturated heterocycles. The molecule has 1 heterocycles. The molecule has 0 aromatic carbocycles. The molecule has 5 nitrogen and oxygen atoms in total. The molecule has 0 spiro atoms. The van der Waals surface area contributed by atoms with Crippen LogP contribution in [0.15, 0.2) is 4.99 Å². The Bertz CT molecular complexity index is 347. The number of rotatable bonds is 8. The number of nitrogens with one attached hydrogen (secondary N) is 2. The maximum atomic E-state index is 4.77. The summed E-state index contributed by atoms with van der Waals surface area (Å²) >= 11 is 0. The molecule has 23 heavy (non-hydrogen) atoms. The van der Waals surface area contributed by atoms with Crippen molar-refractivity contribution in [1.29, 1.82) is 0 Å². The Balaban J connectivity index is 1.77. The fraction of sp³-hybridized carbons (Fsp3) is 0.944. The fourth-order valence-electron chi connectivity index (χ4n) is 3.86. The smallest absolute Gasteiger partial charge is 0.191 e. The second-order valence-electron chi connectivity index (χ2n) is 6.85. The van der Waals surface area contributed by atoms with Crippen molar-refractivity contribution in [2.45, 2.75) is 65.0 Å². The van der Waals surface area contributed by atoms with E-state index in [0.29, 0.717) is 6.04 Å². The van der Waals surface area contributed by atoms with Gasteiger partial charge >= 0.3 is 0 Å². The van der Waals surface area contributed by atoms with E-state index in [-0.39, 0.29) is 0 Å². The fourth-order valence-corrected chi connectivity index (χ4v) is 3.86. The zero-order valence-electron chi connectivity index (χ0n) is 15.5. The van der Waals surface area contributed by atoms with Crippen LogP contribution < -0.4 is 10.6 Å². The van der Waals surface area contributed by atoms with Gasteiger partial charge in [-0.3, -0.25) is 9.89 Å². The van der Waals surface area contributed by atoms with Gasteiger partial charge in [0.1, 0.15) is 0 Å². The molecule has 134 valence electrons. The predicted molar refractivity (Wildman–Crippen MR) is 99.1 cm³/mol. The standard InChI is InChI=1S/C18H37N5/c1-4-19-18(20-12-14-22(5-2)6-3)21-16-11-13-23(15-16)17-9-7-8-10-17/h16-17H,4-15H2,1-3H3,(H2,19,20,21). The van der Waals surface area contributed by atoms with Crippen molar-refractivity contribution >= 4 is 5.96 Å². The lowest BCUT2D eigenvalue weighted by atomic mass is 10.2. The number of hydrogen-bond donors (Lipinski definition) is 2. The number of likely N-dealkylation sites (tertiary alicyclic amines) is 1. The highest BCUT2D eigenvalue weighted by Crippen LogP contribution is 2.26. The summed E-state index contributed by atoms with van der Waals surface area (Å²) in [7, 11) is 0. The zero-order chi connectivity index (χ0) is 16.5. The van der Waals surface area contributed by atoms with Gasteiger partial charge in [0, 0.05) is 38.3 Å². The Hall–Kier alpha value is -0.810. The summed E-state index contributed by atoms with van der Waals surface area (Å²) in [6.45, 7) is 14.1. The molecule has 0 aromatic rings. The van der Waals surface area contributed by atoms with Crippen molar-refractivity contribution < 1.29 is 0 Å². The van der Waals surface area contributed by atoms with Crippen LogP contribution in [0.25, 0.3) is 0 Å². The normalized spacial score (nSPS) is 23.8. The minimum absolute atomic E-state index is 0.557. The minimum atomic E-state index is 0.557. The Morgan fingerprint density at radius 3 is 2.52 bits per heavy atom. The molecule has 2 N–H and O–H groups in total. The van der Waals surface area contributed by atoms with Crippen LogP contribution >= 0.6 is 0 Å². The van der Waals surface area contributed by atoms with E-state index in [1.54, 1.807) is 0 Å². The monoisotopic (exact) mass is 323 g/mol. The molecule has 0 amide bonds. The Morgan fingerprint density at radius 1 is 1.13 bits per heavy atom. The lowest BCUT2D eigenvalue weighted by molar-refractivity contribution is 0.242. The maximum Gasteiger partial charge on any atom is 0.191 e. The van der Waals surface area contributed by atoms with Crippen molar-refractivity contribution in [2.75, 3.05) is 45.8 Å². The molecule has 1 unspecified atom stereocenters. The Morgan fingerprint density at radius 2 is 1.87 bits per heavy atom. The van der Waals surface area contributed by atoms with Gasteiger partial charge in [0.15, 0.2) is 5.96 Å². The van der Waals surface area contributed by atoms with Crippen LogP contribution in [0.4, 0.5) is 0 Å². The second-order valence-corrected chi connectivity index (χ2v) is 6.85. The van der Waals surface area contributed by atoms with Gasteiger partial charge in [0.05, 0.1) is 6.54 Å². The third-order valence-corrected chi connectivity index (χ3v) is 5.33. The minimum Gasteiger partial charge on any atom is -0.357 e. The summed E-state index contributed by atoms with van der Waals surface area (Å²) in [6.07, 6.45) is 6.91. The van der Waals surface area contributed by atoms with Gasteiger partial charge in [-0.1, -0.05) is 26.7 Å². The summed E-state index contributed by atoms with van der Waals surface area (Å²) < 4.78 is 0. The largest absolute Gasteiger partial charge is 0.357 e. The van der Waals surface area contributed by atoms with Gasteiger partial charge < -0.3 is 15.5 Å². The molecule has 1 atom stereocenters.